The third-order valence-corrected chi connectivity index (χ3v) is 4.68. The maximum Gasteiger partial charge on any atom is 0.277 e. The molecule has 0 aliphatic heterocycles. The van der Waals surface area contributed by atoms with Crippen molar-refractivity contribution in [3.05, 3.63) is 59.3 Å². The Morgan fingerprint density at radius 1 is 1.21 bits per heavy atom. The topological polar surface area (TPSA) is 90.1 Å². The third kappa shape index (κ3) is 5.43. The van der Waals surface area contributed by atoms with Gasteiger partial charge in [0.25, 0.3) is 11.1 Å². The molecule has 28 heavy (non-hydrogen) atoms. The first-order valence-electron chi connectivity index (χ1n) is 8.25. The Kier molecular flexibility index (Phi) is 6.48. The van der Waals surface area contributed by atoms with Crippen LogP contribution in [0.2, 0.25) is 5.02 Å². The molecule has 10 heteroatoms. The van der Waals surface area contributed by atoms with E-state index in [4.69, 9.17) is 20.8 Å². The van der Waals surface area contributed by atoms with E-state index in [0.29, 0.717) is 16.6 Å². The van der Waals surface area contributed by atoms with Crippen molar-refractivity contribution in [1.29, 1.82) is 0 Å². The van der Waals surface area contributed by atoms with Gasteiger partial charge >= 0.3 is 0 Å². The summed E-state index contributed by atoms with van der Waals surface area (Å²) in [6.45, 7) is 3.44. The van der Waals surface area contributed by atoms with Gasteiger partial charge in [0.05, 0.1) is 10.3 Å². The molecule has 0 radical (unpaired) electrons. The first-order chi connectivity index (χ1) is 13.4. The third-order valence-electron chi connectivity index (χ3n) is 3.52. The lowest BCUT2D eigenvalue weighted by atomic mass is 10.3. The molecule has 0 spiro atoms. The highest BCUT2D eigenvalue weighted by Crippen LogP contribution is 2.27. The molecule has 3 aromatic rings. The van der Waals surface area contributed by atoms with Gasteiger partial charge in [-0.2, -0.15) is 0 Å². The van der Waals surface area contributed by atoms with Crippen LogP contribution in [-0.4, -0.2) is 26.3 Å². The quantitative estimate of drug-likeness (QED) is 0.560. The average Bonchev–Trinajstić information content (AvgIpc) is 3.14. The van der Waals surface area contributed by atoms with Crippen molar-refractivity contribution in [2.45, 2.75) is 30.4 Å². The zero-order valence-corrected chi connectivity index (χ0v) is 16.5. The molecule has 1 amide bonds. The van der Waals surface area contributed by atoms with Crippen molar-refractivity contribution in [2.24, 2.45) is 0 Å². The normalized spacial score (nSPS) is 13.0. The number of benzene rings is 1. The van der Waals surface area contributed by atoms with Gasteiger partial charge in [-0.05, 0) is 50.2 Å². The lowest BCUT2D eigenvalue weighted by Crippen LogP contribution is -2.22. The molecule has 0 fully saturated rings. The minimum Gasteiger partial charge on any atom is -0.481 e. The lowest BCUT2D eigenvalue weighted by molar-refractivity contribution is -0.115. The number of amides is 1. The molecule has 0 aliphatic carbocycles. The van der Waals surface area contributed by atoms with E-state index in [9.17, 15) is 9.18 Å². The summed E-state index contributed by atoms with van der Waals surface area (Å²) in [6, 6.07) is 8.86. The van der Waals surface area contributed by atoms with E-state index in [2.05, 4.69) is 20.5 Å². The van der Waals surface area contributed by atoms with Gasteiger partial charge in [0.1, 0.15) is 17.4 Å². The first kappa shape index (κ1) is 20.1. The van der Waals surface area contributed by atoms with Crippen LogP contribution in [0, 0.1) is 5.82 Å². The summed E-state index contributed by atoms with van der Waals surface area (Å²) in [7, 11) is 0. The summed E-state index contributed by atoms with van der Waals surface area (Å²) in [6.07, 6.45) is 0.914. The van der Waals surface area contributed by atoms with Crippen molar-refractivity contribution in [2.75, 3.05) is 5.32 Å². The molecule has 1 aromatic carbocycles. The number of carbonyl (C=O) groups excluding carboxylic acids is 1. The van der Waals surface area contributed by atoms with E-state index >= 15 is 0 Å². The van der Waals surface area contributed by atoms with Crippen LogP contribution < -0.4 is 10.1 Å². The van der Waals surface area contributed by atoms with Crippen LogP contribution in [0.5, 0.6) is 5.75 Å². The maximum atomic E-state index is 13.0. The first-order valence-corrected chi connectivity index (χ1v) is 9.51. The minimum absolute atomic E-state index is 0.233. The van der Waals surface area contributed by atoms with Gasteiger partial charge < -0.3 is 14.5 Å². The summed E-state index contributed by atoms with van der Waals surface area (Å²) in [5.41, 5.74) is 0. The lowest BCUT2D eigenvalue weighted by Gasteiger charge is -2.11. The van der Waals surface area contributed by atoms with Crippen LogP contribution >= 0.6 is 23.4 Å². The fourth-order valence-electron chi connectivity index (χ4n) is 2.08. The highest BCUT2D eigenvalue weighted by atomic mass is 35.5. The van der Waals surface area contributed by atoms with Crippen LogP contribution in [0.3, 0.4) is 0 Å². The molecular weight excluding hydrogens is 407 g/mol. The van der Waals surface area contributed by atoms with Crippen LogP contribution in [0.15, 0.2) is 52.2 Å². The van der Waals surface area contributed by atoms with Gasteiger partial charge in [-0.25, -0.2) is 9.37 Å². The molecule has 0 saturated carbocycles. The zero-order valence-electron chi connectivity index (χ0n) is 14.9. The molecule has 146 valence electrons. The van der Waals surface area contributed by atoms with E-state index in [0.717, 1.165) is 11.8 Å². The number of hydrogen-bond donors (Lipinski definition) is 1. The standard InChI is InChI=1S/C18H16ClFN4O3S/c1-10(26-14-6-4-13(20)5-7-14)17-23-24-18(27-17)28-11(2)16(25)22-15-8-3-12(19)9-21-15/h3-11H,1-2H3,(H,21,22,25)/t10-,11-/m0/s1. The maximum absolute atomic E-state index is 13.0. The SMILES string of the molecule is C[C@H](Sc1nnc([C@H](C)Oc2ccc(F)cc2)o1)C(=O)Nc1ccc(Cl)cn1. The molecule has 0 saturated heterocycles. The van der Waals surface area contributed by atoms with Crippen LogP contribution in [0.25, 0.3) is 0 Å². The van der Waals surface area contributed by atoms with Crippen molar-refractivity contribution in [1.82, 2.24) is 15.2 Å². The Balaban J connectivity index is 1.56. The van der Waals surface area contributed by atoms with Crippen LogP contribution in [-0.2, 0) is 4.79 Å². The van der Waals surface area contributed by atoms with Gasteiger partial charge in [0.2, 0.25) is 5.91 Å². The van der Waals surface area contributed by atoms with E-state index < -0.39 is 11.4 Å². The van der Waals surface area contributed by atoms with E-state index in [1.165, 1.54) is 30.5 Å². The van der Waals surface area contributed by atoms with Crippen molar-refractivity contribution >= 4 is 35.1 Å². The summed E-state index contributed by atoms with van der Waals surface area (Å²) in [4.78, 5) is 16.3. The van der Waals surface area contributed by atoms with E-state index in [1.807, 2.05) is 0 Å². The molecule has 2 atom stereocenters. The van der Waals surface area contributed by atoms with E-state index in [-0.39, 0.29) is 22.8 Å². The fraction of sp³-hybridized carbons (Fsp3) is 0.222. The van der Waals surface area contributed by atoms with Crippen molar-refractivity contribution in [3.8, 4) is 5.75 Å². The number of nitrogens with zero attached hydrogens (tertiary/aromatic N) is 3. The van der Waals surface area contributed by atoms with Crippen LogP contribution in [0.1, 0.15) is 25.8 Å². The highest BCUT2D eigenvalue weighted by Gasteiger charge is 2.21. The summed E-state index contributed by atoms with van der Waals surface area (Å²) in [5, 5.41) is 10.8. The molecule has 3 rings (SSSR count). The molecule has 0 bridgehead atoms. The predicted molar refractivity (Wildman–Crippen MR) is 103 cm³/mol. The number of hydrogen-bond acceptors (Lipinski definition) is 7. The van der Waals surface area contributed by atoms with Gasteiger partial charge in [-0.3, -0.25) is 4.79 Å². The molecule has 2 aromatic heterocycles. The predicted octanol–water partition coefficient (Wildman–Crippen LogP) is 4.52. The molecule has 2 heterocycles. The number of carbonyl (C=O) groups is 1. The Labute approximate surface area is 169 Å². The number of halogens is 2. The van der Waals surface area contributed by atoms with Crippen LogP contribution in [0.4, 0.5) is 10.2 Å². The van der Waals surface area contributed by atoms with Gasteiger partial charge in [-0.1, -0.05) is 23.4 Å². The van der Waals surface area contributed by atoms with E-state index in [1.54, 1.807) is 26.0 Å². The summed E-state index contributed by atoms with van der Waals surface area (Å²) in [5.74, 6) is 0.505. The van der Waals surface area contributed by atoms with Gasteiger partial charge in [-0.15, -0.1) is 10.2 Å². The van der Waals surface area contributed by atoms with Gasteiger partial charge in [0.15, 0.2) is 6.10 Å². The summed E-state index contributed by atoms with van der Waals surface area (Å²) >= 11 is 6.88. The number of aromatic nitrogens is 3. The molecule has 0 aliphatic rings. The number of thioether (sulfide) groups is 1. The fourth-order valence-corrected chi connectivity index (χ4v) is 2.88. The Morgan fingerprint density at radius 3 is 2.64 bits per heavy atom. The second kappa shape index (κ2) is 9.03. The Morgan fingerprint density at radius 2 is 1.96 bits per heavy atom. The summed E-state index contributed by atoms with van der Waals surface area (Å²) < 4.78 is 24.1. The largest absolute Gasteiger partial charge is 0.481 e. The molecule has 0 unspecified atom stereocenters. The second-order valence-electron chi connectivity index (χ2n) is 5.73. The minimum atomic E-state index is -0.533. The van der Waals surface area contributed by atoms with Gasteiger partial charge in [0, 0.05) is 6.20 Å². The molecule has 1 N–H and O–H groups in total. The smallest absolute Gasteiger partial charge is 0.277 e. The monoisotopic (exact) mass is 422 g/mol. The molecule has 7 nitrogen and oxygen atoms in total. The Hall–Kier alpha value is -2.65. The number of rotatable bonds is 7. The van der Waals surface area contributed by atoms with Crippen molar-refractivity contribution in [3.63, 3.8) is 0 Å². The number of anilines is 1. The Bertz CT molecular complexity index is 937. The zero-order chi connectivity index (χ0) is 20.1. The average molecular weight is 423 g/mol. The number of nitrogens with one attached hydrogen (secondary N) is 1. The van der Waals surface area contributed by atoms with Crippen molar-refractivity contribution < 1.29 is 18.3 Å². The number of pyridine rings is 1. The highest BCUT2D eigenvalue weighted by molar-refractivity contribution is 8.00. The number of ether oxygens (including phenoxy) is 1. The molecular formula is C18H16ClFN4O3S. The second-order valence-corrected chi connectivity index (χ2v) is 7.46.